The number of ether oxygens (including phenoxy) is 2. The van der Waals surface area contributed by atoms with E-state index >= 15 is 0 Å². The summed E-state index contributed by atoms with van der Waals surface area (Å²) in [6, 6.07) is -1.13. The first-order chi connectivity index (χ1) is 9.77. The molecule has 0 aromatic rings. The quantitative estimate of drug-likeness (QED) is 0.352. The monoisotopic (exact) mass is 327 g/mol. The van der Waals surface area contributed by atoms with Gasteiger partial charge in [0.15, 0.2) is 6.10 Å². The van der Waals surface area contributed by atoms with Crippen molar-refractivity contribution in [3.8, 4) is 0 Å². The van der Waals surface area contributed by atoms with Crippen LogP contribution in [0.25, 0.3) is 0 Å². The minimum Gasteiger partial charge on any atom is -0.542 e. The first kappa shape index (κ1) is 21.3. The zero-order valence-electron chi connectivity index (χ0n) is 12.6. The Hall–Kier alpha value is -0.680. The first-order valence-electron chi connectivity index (χ1n) is 6.18. The van der Waals surface area contributed by atoms with Crippen LogP contribution in [0.2, 0.25) is 0 Å². The Morgan fingerprint density at radius 3 is 2.55 bits per heavy atom. The van der Waals surface area contributed by atoms with E-state index in [2.05, 4.69) is 10.1 Å². The van der Waals surface area contributed by atoms with E-state index in [4.69, 9.17) is 4.74 Å². The van der Waals surface area contributed by atoms with Crippen molar-refractivity contribution in [1.29, 1.82) is 0 Å². The molecule has 9 nitrogen and oxygen atoms in total. The Bertz CT molecular complexity index is 429. The molecule has 5 atom stereocenters. The predicted octanol–water partition coefficient (Wildman–Crippen LogP) is -6.74. The number of amides is 1. The van der Waals surface area contributed by atoms with Gasteiger partial charge in [0.1, 0.15) is 23.9 Å². The van der Waals surface area contributed by atoms with Crippen LogP contribution in [0.3, 0.4) is 0 Å². The standard InChI is InChI=1S/C12H19NO8.Na/c1-5(14)13-9-6(15)3-8(12(18)19)21-11(9)10(17)7(16)4-20-2;/h3,6-7,9-11,15-17H,4H2,1-2H3,(H,13,14)(H,18,19);/q;+1/p-1/t6-,7+,9+,10-,11+;/m0./s1. The largest absolute Gasteiger partial charge is 1.00 e. The molecular formula is C12H18NNaO8. The fourth-order valence-electron chi connectivity index (χ4n) is 2.00. The van der Waals surface area contributed by atoms with Gasteiger partial charge in [-0.15, -0.1) is 0 Å². The van der Waals surface area contributed by atoms with Crippen LogP contribution < -0.4 is 40.0 Å². The molecule has 1 rings (SSSR count). The second kappa shape index (κ2) is 9.46. The van der Waals surface area contributed by atoms with Crippen molar-refractivity contribution in [3.63, 3.8) is 0 Å². The Labute approximate surface area is 149 Å². The second-order valence-electron chi connectivity index (χ2n) is 4.63. The van der Waals surface area contributed by atoms with Crippen LogP contribution in [0.5, 0.6) is 0 Å². The molecule has 0 spiro atoms. The normalized spacial score (nSPS) is 26.8. The number of rotatable bonds is 6. The molecule has 0 radical (unpaired) electrons. The van der Waals surface area contributed by atoms with Crippen LogP contribution in [-0.2, 0) is 19.1 Å². The number of aliphatic hydroxyl groups is 3. The first-order valence-corrected chi connectivity index (χ1v) is 6.18. The molecule has 0 aromatic heterocycles. The van der Waals surface area contributed by atoms with E-state index in [-0.39, 0.29) is 36.2 Å². The van der Waals surface area contributed by atoms with Crippen LogP contribution in [0.4, 0.5) is 0 Å². The topological polar surface area (TPSA) is 148 Å². The van der Waals surface area contributed by atoms with Crippen LogP contribution >= 0.6 is 0 Å². The minimum atomic E-state index is -1.69. The van der Waals surface area contributed by atoms with Gasteiger partial charge in [0, 0.05) is 14.0 Å². The summed E-state index contributed by atoms with van der Waals surface area (Å²) in [5, 5.41) is 42.8. The maximum atomic E-state index is 11.1. The summed E-state index contributed by atoms with van der Waals surface area (Å²) in [6.07, 6.45) is -4.96. The molecule has 4 N–H and O–H groups in total. The van der Waals surface area contributed by atoms with E-state index < -0.39 is 48.1 Å². The van der Waals surface area contributed by atoms with Gasteiger partial charge in [-0.3, -0.25) is 4.79 Å². The van der Waals surface area contributed by atoms with Crippen LogP contribution in [0, 0.1) is 0 Å². The Balaban J connectivity index is 0.00000441. The summed E-state index contributed by atoms with van der Waals surface area (Å²) in [5.41, 5.74) is 0. The van der Waals surface area contributed by atoms with Gasteiger partial charge in [-0.05, 0) is 6.08 Å². The van der Waals surface area contributed by atoms with E-state index in [1.807, 2.05) is 0 Å². The number of hydrogen-bond acceptors (Lipinski definition) is 8. The molecule has 1 aliphatic heterocycles. The Morgan fingerprint density at radius 1 is 1.50 bits per heavy atom. The smallest absolute Gasteiger partial charge is 0.542 e. The molecule has 0 aromatic carbocycles. The van der Waals surface area contributed by atoms with Gasteiger partial charge in [-0.1, -0.05) is 0 Å². The van der Waals surface area contributed by atoms with Gasteiger partial charge in [-0.25, -0.2) is 0 Å². The Kier molecular flexibility index (Phi) is 9.16. The van der Waals surface area contributed by atoms with Gasteiger partial charge >= 0.3 is 29.6 Å². The molecular weight excluding hydrogens is 309 g/mol. The number of methoxy groups -OCH3 is 1. The van der Waals surface area contributed by atoms with Crippen molar-refractivity contribution < 1.29 is 69.0 Å². The molecule has 22 heavy (non-hydrogen) atoms. The zero-order valence-corrected chi connectivity index (χ0v) is 14.6. The van der Waals surface area contributed by atoms with Gasteiger partial charge < -0.3 is 40.0 Å². The van der Waals surface area contributed by atoms with Gasteiger partial charge in [0.05, 0.1) is 18.8 Å². The van der Waals surface area contributed by atoms with Gasteiger partial charge in [0.2, 0.25) is 5.91 Å². The number of carboxylic acids is 1. The number of carbonyl (C=O) groups is 2. The number of hydrogen-bond donors (Lipinski definition) is 4. The molecule has 10 heteroatoms. The molecule has 0 saturated heterocycles. The van der Waals surface area contributed by atoms with Crippen molar-refractivity contribution in [1.82, 2.24) is 5.32 Å². The van der Waals surface area contributed by atoms with Gasteiger partial charge in [-0.2, -0.15) is 0 Å². The van der Waals surface area contributed by atoms with Crippen LogP contribution in [0.1, 0.15) is 6.92 Å². The SMILES string of the molecule is COC[C@@H](O)[C@H](O)[C@@H]1OC(C(=O)[O-])=C[C@H](O)[C@H]1NC(C)=O.[Na+]. The number of nitrogens with one attached hydrogen (secondary N) is 1. The molecule has 1 aliphatic rings. The van der Waals surface area contributed by atoms with Crippen LogP contribution in [-0.4, -0.2) is 71.4 Å². The average molecular weight is 327 g/mol. The van der Waals surface area contributed by atoms with E-state index in [1.54, 1.807) is 0 Å². The summed E-state index contributed by atoms with van der Waals surface area (Å²) >= 11 is 0. The molecule has 0 fully saturated rings. The summed E-state index contributed by atoms with van der Waals surface area (Å²) in [7, 11) is 1.30. The summed E-state index contributed by atoms with van der Waals surface area (Å²) in [6.45, 7) is 0.939. The molecule has 0 unspecified atom stereocenters. The van der Waals surface area contributed by atoms with Crippen molar-refractivity contribution in [2.45, 2.75) is 37.4 Å². The summed E-state index contributed by atoms with van der Waals surface area (Å²) in [4.78, 5) is 22.0. The van der Waals surface area contributed by atoms with E-state index in [1.165, 1.54) is 14.0 Å². The number of aliphatic carboxylic acids is 1. The molecule has 0 aliphatic carbocycles. The molecule has 0 saturated carbocycles. The minimum absolute atomic E-state index is 0. The van der Waals surface area contributed by atoms with Crippen molar-refractivity contribution in [2.75, 3.05) is 13.7 Å². The number of aliphatic hydroxyl groups excluding tert-OH is 3. The summed E-state index contributed by atoms with van der Waals surface area (Å²) in [5.74, 6) is -2.89. The number of carbonyl (C=O) groups excluding carboxylic acids is 2. The van der Waals surface area contributed by atoms with E-state index in [9.17, 15) is 30.0 Å². The molecule has 1 heterocycles. The third kappa shape index (κ3) is 5.51. The fourth-order valence-corrected chi connectivity index (χ4v) is 2.00. The molecule has 0 bridgehead atoms. The summed E-state index contributed by atoms with van der Waals surface area (Å²) < 4.78 is 9.69. The third-order valence-corrected chi connectivity index (χ3v) is 2.95. The van der Waals surface area contributed by atoms with Gasteiger partial charge in [0.25, 0.3) is 0 Å². The van der Waals surface area contributed by atoms with Crippen LogP contribution in [0.15, 0.2) is 11.8 Å². The van der Waals surface area contributed by atoms with Crippen molar-refractivity contribution >= 4 is 11.9 Å². The van der Waals surface area contributed by atoms with Crippen molar-refractivity contribution in [3.05, 3.63) is 11.8 Å². The predicted molar refractivity (Wildman–Crippen MR) is 65.5 cm³/mol. The fraction of sp³-hybridized carbons (Fsp3) is 0.667. The maximum absolute atomic E-state index is 11.1. The zero-order chi connectivity index (χ0) is 16.2. The molecule has 120 valence electrons. The second-order valence-corrected chi connectivity index (χ2v) is 4.63. The van der Waals surface area contributed by atoms with E-state index in [0.29, 0.717) is 0 Å². The average Bonchev–Trinajstić information content (AvgIpc) is 2.39. The maximum Gasteiger partial charge on any atom is 1.00 e. The van der Waals surface area contributed by atoms with E-state index in [0.717, 1.165) is 6.08 Å². The number of carboxylic acid groups (broad SMARTS) is 1. The third-order valence-electron chi connectivity index (χ3n) is 2.95. The Morgan fingerprint density at radius 2 is 2.09 bits per heavy atom. The molecule has 1 amide bonds. The van der Waals surface area contributed by atoms with Crippen molar-refractivity contribution in [2.24, 2.45) is 0 Å².